The molecule has 0 saturated heterocycles. The maximum absolute atomic E-state index is 10.0. The number of hydrogen-bond acceptors (Lipinski definition) is 1. The van der Waals surface area contributed by atoms with Gasteiger partial charge in [-0.2, -0.15) is 0 Å². The molecule has 0 spiro atoms. The Morgan fingerprint density at radius 3 is 1.23 bits per heavy atom. The Kier molecular flexibility index (Phi) is 18.2. The van der Waals surface area contributed by atoms with Crippen LogP contribution < -0.4 is 0 Å². The molecular weight excluding hydrogens is 318 g/mol. The first-order valence-corrected chi connectivity index (χ1v) is 11.9. The SMILES string of the molecule is CCCCCCCCCCCCCCCCCCC(O)CC[N+](C)(C)C. The number of hydrogen-bond donors (Lipinski definition) is 1. The van der Waals surface area contributed by atoms with Crippen LogP contribution in [0.1, 0.15) is 122 Å². The predicted octanol–water partition coefficient (Wildman–Crippen LogP) is 7.10. The highest BCUT2D eigenvalue weighted by atomic mass is 16.3. The molecule has 0 radical (unpaired) electrons. The van der Waals surface area contributed by atoms with Crippen molar-refractivity contribution < 1.29 is 9.59 Å². The van der Waals surface area contributed by atoms with Gasteiger partial charge in [0.15, 0.2) is 0 Å². The Hall–Kier alpha value is -0.0800. The standard InChI is InChI=1S/C24H52NO/c1-5-6-7-8-9-10-11-12-13-14-15-16-17-18-19-20-21-24(26)22-23-25(2,3)4/h24,26H,5-23H2,1-4H3/q+1. The minimum Gasteiger partial charge on any atom is -0.393 e. The van der Waals surface area contributed by atoms with Gasteiger partial charge in [0.2, 0.25) is 0 Å². The first-order valence-electron chi connectivity index (χ1n) is 11.9. The van der Waals surface area contributed by atoms with E-state index in [1.54, 1.807) is 0 Å². The number of aliphatic hydroxyl groups is 1. The second-order valence-corrected chi connectivity index (χ2v) is 9.55. The van der Waals surface area contributed by atoms with Crippen molar-refractivity contribution in [3.05, 3.63) is 0 Å². The summed E-state index contributed by atoms with van der Waals surface area (Å²) in [5, 5.41) is 10.0. The number of unbranched alkanes of at least 4 members (excludes halogenated alkanes) is 15. The van der Waals surface area contributed by atoms with Crippen molar-refractivity contribution in [1.29, 1.82) is 0 Å². The van der Waals surface area contributed by atoms with E-state index in [1.165, 1.54) is 103 Å². The number of aliphatic hydroxyl groups excluding tert-OH is 1. The Bertz CT molecular complexity index is 272. The summed E-state index contributed by atoms with van der Waals surface area (Å²) in [6.07, 6.45) is 24.4. The van der Waals surface area contributed by atoms with Crippen LogP contribution in [0.5, 0.6) is 0 Å². The summed E-state index contributed by atoms with van der Waals surface area (Å²) in [5.41, 5.74) is 0. The minimum atomic E-state index is -0.0843. The second-order valence-electron chi connectivity index (χ2n) is 9.55. The van der Waals surface area contributed by atoms with Crippen LogP contribution in [0.3, 0.4) is 0 Å². The van der Waals surface area contributed by atoms with E-state index in [0.29, 0.717) is 0 Å². The van der Waals surface area contributed by atoms with Crippen LogP contribution >= 0.6 is 0 Å². The molecule has 0 heterocycles. The van der Waals surface area contributed by atoms with Crippen LogP contribution in [0.15, 0.2) is 0 Å². The molecule has 1 unspecified atom stereocenters. The van der Waals surface area contributed by atoms with Gasteiger partial charge in [-0.25, -0.2) is 0 Å². The van der Waals surface area contributed by atoms with Gasteiger partial charge in [0.05, 0.1) is 33.8 Å². The summed E-state index contributed by atoms with van der Waals surface area (Å²) < 4.78 is 0.954. The maximum Gasteiger partial charge on any atom is 0.0805 e. The molecule has 2 nitrogen and oxygen atoms in total. The second kappa shape index (κ2) is 18.3. The molecule has 0 aromatic heterocycles. The van der Waals surface area contributed by atoms with Crippen LogP contribution in [0.2, 0.25) is 0 Å². The van der Waals surface area contributed by atoms with Crippen LogP contribution in [0.4, 0.5) is 0 Å². The van der Waals surface area contributed by atoms with Gasteiger partial charge >= 0.3 is 0 Å². The van der Waals surface area contributed by atoms with Crippen molar-refractivity contribution in [3.63, 3.8) is 0 Å². The number of rotatable bonds is 20. The molecule has 0 aromatic carbocycles. The number of quaternary nitrogens is 1. The minimum absolute atomic E-state index is 0.0843. The monoisotopic (exact) mass is 370 g/mol. The van der Waals surface area contributed by atoms with Gasteiger partial charge in [-0.05, 0) is 6.42 Å². The van der Waals surface area contributed by atoms with E-state index < -0.39 is 0 Å². The van der Waals surface area contributed by atoms with Crippen LogP contribution in [0.25, 0.3) is 0 Å². The summed E-state index contributed by atoms with van der Waals surface area (Å²) in [7, 11) is 6.59. The highest BCUT2D eigenvalue weighted by Gasteiger charge is 2.11. The number of nitrogens with zero attached hydrogens (tertiary/aromatic N) is 1. The third-order valence-electron chi connectivity index (χ3n) is 5.52. The van der Waals surface area contributed by atoms with Gasteiger partial charge in [0.25, 0.3) is 0 Å². The summed E-state index contributed by atoms with van der Waals surface area (Å²) >= 11 is 0. The van der Waals surface area contributed by atoms with Crippen molar-refractivity contribution in [1.82, 2.24) is 0 Å². The van der Waals surface area contributed by atoms with E-state index in [-0.39, 0.29) is 6.10 Å². The van der Waals surface area contributed by atoms with Gasteiger partial charge < -0.3 is 9.59 Å². The van der Waals surface area contributed by atoms with Crippen molar-refractivity contribution in [2.75, 3.05) is 27.7 Å². The van der Waals surface area contributed by atoms with Crippen LogP contribution in [-0.2, 0) is 0 Å². The average Bonchev–Trinajstić information content (AvgIpc) is 2.59. The Balaban J connectivity index is 3.13. The smallest absolute Gasteiger partial charge is 0.0805 e. The maximum atomic E-state index is 10.0. The van der Waals surface area contributed by atoms with Crippen molar-refractivity contribution >= 4 is 0 Å². The highest BCUT2D eigenvalue weighted by molar-refractivity contribution is 4.56. The third kappa shape index (κ3) is 22.0. The molecule has 0 saturated carbocycles. The highest BCUT2D eigenvalue weighted by Crippen LogP contribution is 2.15. The Morgan fingerprint density at radius 1 is 0.538 bits per heavy atom. The van der Waals surface area contributed by atoms with Gasteiger partial charge in [0, 0.05) is 6.42 Å². The molecule has 0 aliphatic heterocycles. The van der Waals surface area contributed by atoms with E-state index in [0.717, 1.165) is 23.9 Å². The lowest BCUT2D eigenvalue weighted by molar-refractivity contribution is -0.870. The summed E-state index contributed by atoms with van der Waals surface area (Å²) in [6.45, 7) is 3.36. The van der Waals surface area contributed by atoms with E-state index >= 15 is 0 Å². The van der Waals surface area contributed by atoms with Crippen LogP contribution in [-0.4, -0.2) is 43.4 Å². The first-order chi connectivity index (χ1) is 12.5. The molecule has 158 valence electrons. The topological polar surface area (TPSA) is 20.2 Å². The normalized spacial score (nSPS) is 13.3. The lowest BCUT2D eigenvalue weighted by atomic mass is 10.0. The Morgan fingerprint density at radius 2 is 0.885 bits per heavy atom. The van der Waals surface area contributed by atoms with Gasteiger partial charge in [-0.3, -0.25) is 0 Å². The third-order valence-corrected chi connectivity index (χ3v) is 5.52. The van der Waals surface area contributed by atoms with E-state index in [9.17, 15) is 5.11 Å². The zero-order chi connectivity index (χ0) is 19.5. The fourth-order valence-electron chi connectivity index (χ4n) is 3.61. The van der Waals surface area contributed by atoms with Gasteiger partial charge in [-0.15, -0.1) is 0 Å². The fraction of sp³-hybridized carbons (Fsp3) is 1.00. The molecular formula is C24H52NO+. The van der Waals surface area contributed by atoms with Gasteiger partial charge in [0.1, 0.15) is 0 Å². The fourth-order valence-corrected chi connectivity index (χ4v) is 3.61. The predicted molar refractivity (Wildman–Crippen MR) is 118 cm³/mol. The summed E-state index contributed by atoms with van der Waals surface area (Å²) in [6, 6.07) is 0. The molecule has 1 N–H and O–H groups in total. The molecule has 0 aliphatic carbocycles. The average molecular weight is 371 g/mol. The molecule has 1 atom stereocenters. The molecule has 0 bridgehead atoms. The quantitative estimate of drug-likeness (QED) is 0.179. The molecule has 0 rings (SSSR count). The van der Waals surface area contributed by atoms with Crippen molar-refractivity contribution in [3.8, 4) is 0 Å². The molecule has 0 aliphatic rings. The molecule has 0 aromatic rings. The van der Waals surface area contributed by atoms with Gasteiger partial charge in [-0.1, -0.05) is 110 Å². The van der Waals surface area contributed by atoms with Crippen molar-refractivity contribution in [2.45, 2.75) is 129 Å². The molecule has 2 heteroatoms. The molecule has 26 heavy (non-hydrogen) atoms. The van der Waals surface area contributed by atoms with E-state index in [4.69, 9.17) is 0 Å². The molecule has 0 fully saturated rings. The summed E-state index contributed by atoms with van der Waals surface area (Å²) in [5.74, 6) is 0. The lowest BCUT2D eigenvalue weighted by Crippen LogP contribution is -2.37. The summed E-state index contributed by atoms with van der Waals surface area (Å²) in [4.78, 5) is 0. The zero-order valence-electron chi connectivity index (χ0n) is 18.9. The van der Waals surface area contributed by atoms with E-state index in [2.05, 4.69) is 28.1 Å². The first kappa shape index (κ1) is 25.9. The lowest BCUT2D eigenvalue weighted by Gasteiger charge is -2.25. The van der Waals surface area contributed by atoms with E-state index in [1.807, 2.05) is 0 Å². The van der Waals surface area contributed by atoms with Crippen molar-refractivity contribution in [2.24, 2.45) is 0 Å². The molecule has 0 amide bonds. The van der Waals surface area contributed by atoms with Crippen LogP contribution in [0, 0.1) is 0 Å². The largest absolute Gasteiger partial charge is 0.393 e. The zero-order valence-corrected chi connectivity index (χ0v) is 18.9. The Labute approximate surface area is 166 Å².